The average Bonchev–Trinajstić information content (AvgIpc) is 2.56. The Labute approximate surface area is 128 Å². The van der Waals surface area contributed by atoms with Crippen molar-refractivity contribution in [1.82, 2.24) is 9.97 Å². The van der Waals surface area contributed by atoms with Crippen LogP contribution >= 0.6 is 0 Å². The number of nitro groups is 1. The van der Waals surface area contributed by atoms with Gasteiger partial charge in [-0.15, -0.1) is 0 Å². The van der Waals surface area contributed by atoms with E-state index in [4.69, 9.17) is 9.47 Å². The first-order valence-corrected chi connectivity index (χ1v) is 7.74. The molecule has 8 nitrogen and oxygen atoms in total. The summed E-state index contributed by atoms with van der Waals surface area (Å²) >= 11 is 0. The third-order valence-corrected chi connectivity index (χ3v) is 4.09. The maximum atomic E-state index is 11.5. The summed E-state index contributed by atoms with van der Waals surface area (Å²) < 4.78 is 11.1. The number of hydrogen-bond acceptors (Lipinski definition) is 7. The molecule has 1 saturated heterocycles. The van der Waals surface area contributed by atoms with Crippen LogP contribution in [0.25, 0.3) is 0 Å². The van der Waals surface area contributed by atoms with Crippen molar-refractivity contribution in [3.05, 3.63) is 16.4 Å². The van der Waals surface area contributed by atoms with Gasteiger partial charge in [-0.1, -0.05) is 6.42 Å². The second kappa shape index (κ2) is 6.87. The van der Waals surface area contributed by atoms with Crippen LogP contribution in [-0.4, -0.2) is 47.3 Å². The van der Waals surface area contributed by atoms with Crippen molar-refractivity contribution < 1.29 is 14.4 Å². The molecule has 0 spiro atoms. The van der Waals surface area contributed by atoms with Gasteiger partial charge < -0.3 is 14.4 Å². The number of aromatic nitrogens is 2. The Morgan fingerprint density at radius 1 is 1.23 bits per heavy atom. The fourth-order valence-electron chi connectivity index (χ4n) is 2.95. The molecule has 3 rings (SSSR count). The van der Waals surface area contributed by atoms with Gasteiger partial charge >= 0.3 is 5.69 Å². The third kappa shape index (κ3) is 3.27. The molecular formula is C14H20N4O4. The largest absolute Gasteiger partial charge is 0.469 e. The minimum absolute atomic E-state index is 0.0138. The van der Waals surface area contributed by atoms with Crippen molar-refractivity contribution in [2.75, 3.05) is 31.2 Å². The highest BCUT2D eigenvalue weighted by molar-refractivity contribution is 5.62. The van der Waals surface area contributed by atoms with Crippen LogP contribution in [0.2, 0.25) is 0 Å². The molecule has 22 heavy (non-hydrogen) atoms. The van der Waals surface area contributed by atoms with E-state index in [1.165, 1.54) is 12.7 Å². The molecule has 0 N–H and O–H groups in total. The van der Waals surface area contributed by atoms with Crippen molar-refractivity contribution in [3.63, 3.8) is 0 Å². The fourth-order valence-corrected chi connectivity index (χ4v) is 2.95. The summed E-state index contributed by atoms with van der Waals surface area (Å²) in [5, 5.41) is 11.5. The number of hydrogen-bond donors (Lipinski definition) is 0. The Morgan fingerprint density at radius 3 is 2.64 bits per heavy atom. The molecule has 0 unspecified atom stereocenters. The standard InChI is InChI=1S/C14H20N4O4/c19-18(20)12-13(17-6-8-21-9-7-17)15-10-16-14(12)22-11-4-2-1-3-5-11/h10-11H,1-9H2. The lowest BCUT2D eigenvalue weighted by atomic mass is 9.98. The van der Waals surface area contributed by atoms with E-state index in [2.05, 4.69) is 9.97 Å². The quantitative estimate of drug-likeness (QED) is 0.620. The maximum absolute atomic E-state index is 11.5. The maximum Gasteiger partial charge on any atom is 0.372 e. The topological polar surface area (TPSA) is 90.6 Å². The summed E-state index contributed by atoms with van der Waals surface area (Å²) in [6.07, 6.45) is 6.60. The van der Waals surface area contributed by atoms with Crippen LogP contribution in [0.1, 0.15) is 32.1 Å². The van der Waals surface area contributed by atoms with Crippen LogP contribution in [0.15, 0.2) is 6.33 Å². The molecule has 2 heterocycles. The number of rotatable bonds is 4. The van der Waals surface area contributed by atoms with Gasteiger partial charge in [-0.2, -0.15) is 4.98 Å². The molecule has 8 heteroatoms. The number of anilines is 1. The Hall–Kier alpha value is -1.96. The van der Waals surface area contributed by atoms with Gasteiger partial charge in [0, 0.05) is 13.1 Å². The zero-order valence-corrected chi connectivity index (χ0v) is 12.4. The van der Waals surface area contributed by atoms with E-state index < -0.39 is 4.92 Å². The molecule has 1 aliphatic heterocycles. The van der Waals surface area contributed by atoms with E-state index in [-0.39, 0.29) is 17.7 Å². The zero-order valence-electron chi connectivity index (χ0n) is 12.4. The van der Waals surface area contributed by atoms with Crippen LogP contribution in [0.4, 0.5) is 11.5 Å². The van der Waals surface area contributed by atoms with Crippen LogP contribution in [0.3, 0.4) is 0 Å². The SMILES string of the molecule is O=[N+]([O-])c1c(OC2CCCCC2)ncnc1N1CCOCC1. The van der Waals surface area contributed by atoms with E-state index in [9.17, 15) is 10.1 Å². The Bertz CT molecular complexity index is 528. The van der Waals surface area contributed by atoms with Crippen LogP contribution in [-0.2, 0) is 4.74 Å². The van der Waals surface area contributed by atoms with E-state index in [1.54, 1.807) is 0 Å². The van der Waals surface area contributed by atoms with Crippen molar-refractivity contribution in [3.8, 4) is 5.88 Å². The second-order valence-electron chi connectivity index (χ2n) is 5.59. The average molecular weight is 308 g/mol. The first kappa shape index (κ1) is 15.0. The molecule has 0 aromatic carbocycles. The molecule has 1 saturated carbocycles. The lowest BCUT2D eigenvalue weighted by Gasteiger charge is -2.28. The van der Waals surface area contributed by atoms with Crippen molar-refractivity contribution in [1.29, 1.82) is 0 Å². The van der Waals surface area contributed by atoms with Gasteiger partial charge in [-0.25, -0.2) is 4.98 Å². The zero-order chi connectivity index (χ0) is 15.4. The highest BCUT2D eigenvalue weighted by Crippen LogP contribution is 2.35. The van der Waals surface area contributed by atoms with Crippen LogP contribution in [0.5, 0.6) is 5.88 Å². The van der Waals surface area contributed by atoms with Gasteiger partial charge in [0.15, 0.2) is 0 Å². The molecule has 1 aromatic rings. The number of ether oxygens (including phenoxy) is 2. The molecule has 2 fully saturated rings. The van der Waals surface area contributed by atoms with Crippen molar-refractivity contribution in [2.45, 2.75) is 38.2 Å². The summed E-state index contributed by atoms with van der Waals surface area (Å²) in [6, 6.07) is 0. The fraction of sp³-hybridized carbons (Fsp3) is 0.714. The van der Waals surface area contributed by atoms with Gasteiger partial charge in [0.1, 0.15) is 12.4 Å². The first-order chi connectivity index (χ1) is 10.8. The second-order valence-corrected chi connectivity index (χ2v) is 5.59. The van der Waals surface area contributed by atoms with Crippen molar-refractivity contribution >= 4 is 11.5 Å². The molecule has 0 bridgehead atoms. The Balaban J connectivity index is 1.86. The molecule has 0 atom stereocenters. The molecule has 0 amide bonds. The van der Waals surface area contributed by atoms with Gasteiger partial charge in [0.2, 0.25) is 5.82 Å². The Kier molecular flexibility index (Phi) is 4.67. The summed E-state index contributed by atoms with van der Waals surface area (Å²) in [7, 11) is 0. The predicted octanol–water partition coefficient (Wildman–Crippen LogP) is 1.93. The van der Waals surface area contributed by atoms with E-state index in [0.29, 0.717) is 32.1 Å². The Morgan fingerprint density at radius 2 is 1.95 bits per heavy atom. The van der Waals surface area contributed by atoms with E-state index in [1.807, 2.05) is 4.90 Å². The molecule has 2 aliphatic rings. The third-order valence-electron chi connectivity index (χ3n) is 4.09. The lowest BCUT2D eigenvalue weighted by molar-refractivity contribution is -0.385. The highest BCUT2D eigenvalue weighted by Gasteiger charge is 2.30. The molecule has 120 valence electrons. The minimum atomic E-state index is -0.442. The summed E-state index contributed by atoms with van der Waals surface area (Å²) in [5.74, 6) is 0.419. The molecular weight excluding hydrogens is 288 g/mol. The summed E-state index contributed by atoms with van der Waals surface area (Å²) in [5.41, 5.74) is -0.130. The smallest absolute Gasteiger partial charge is 0.372 e. The van der Waals surface area contributed by atoms with Crippen molar-refractivity contribution in [2.24, 2.45) is 0 Å². The van der Waals surface area contributed by atoms with Gasteiger partial charge in [-0.3, -0.25) is 10.1 Å². The predicted molar refractivity (Wildman–Crippen MR) is 79.2 cm³/mol. The van der Waals surface area contributed by atoms with E-state index >= 15 is 0 Å². The number of morpholine rings is 1. The summed E-state index contributed by atoms with van der Waals surface area (Å²) in [4.78, 5) is 21.1. The minimum Gasteiger partial charge on any atom is -0.469 e. The molecule has 1 aliphatic carbocycles. The van der Waals surface area contributed by atoms with Crippen LogP contribution < -0.4 is 9.64 Å². The highest BCUT2D eigenvalue weighted by atomic mass is 16.6. The molecule has 1 aromatic heterocycles. The van der Waals surface area contributed by atoms with Crippen LogP contribution in [0, 0.1) is 10.1 Å². The van der Waals surface area contributed by atoms with E-state index in [0.717, 1.165) is 25.7 Å². The first-order valence-electron chi connectivity index (χ1n) is 7.74. The van der Waals surface area contributed by atoms with Gasteiger partial charge in [0.25, 0.3) is 5.88 Å². The summed E-state index contributed by atoms with van der Waals surface area (Å²) in [6.45, 7) is 2.25. The number of nitrogens with zero attached hydrogens (tertiary/aromatic N) is 4. The monoisotopic (exact) mass is 308 g/mol. The van der Waals surface area contributed by atoms with Gasteiger partial charge in [0.05, 0.1) is 18.1 Å². The van der Waals surface area contributed by atoms with Gasteiger partial charge in [-0.05, 0) is 25.7 Å². The lowest BCUT2D eigenvalue weighted by Crippen LogP contribution is -2.37. The normalized spacial score (nSPS) is 19.9. The molecule has 0 radical (unpaired) electrons.